The molecular weight excluding hydrogens is 231 g/mol. The van der Waals surface area contributed by atoms with Crippen LogP contribution in [0.2, 0.25) is 0 Å². The number of methoxy groups -OCH3 is 1. The van der Waals surface area contributed by atoms with E-state index in [4.69, 9.17) is 10.6 Å². The average molecular weight is 252 g/mol. The van der Waals surface area contributed by atoms with E-state index in [0.29, 0.717) is 0 Å². The van der Waals surface area contributed by atoms with Crippen LogP contribution in [0.15, 0.2) is 24.3 Å². The van der Waals surface area contributed by atoms with Crippen LogP contribution in [0.1, 0.15) is 31.2 Å². The van der Waals surface area contributed by atoms with Crippen LogP contribution in [-0.2, 0) is 11.2 Å². The van der Waals surface area contributed by atoms with Crippen molar-refractivity contribution in [1.82, 2.24) is 5.43 Å². The molecule has 0 saturated heterocycles. The first kappa shape index (κ1) is 13.5. The molecule has 1 atom stereocenters. The van der Waals surface area contributed by atoms with Gasteiger partial charge in [0.25, 0.3) is 0 Å². The van der Waals surface area contributed by atoms with Gasteiger partial charge in [-0.3, -0.25) is 11.3 Å². The molecule has 1 saturated carbocycles. The summed E-state index contributed by atoms with van der Waals surface area (Å²) >= 11 is 0. The fourth-order valence-electron chi connectivity index (χ4n) is 2.61. The number of ether oxygens (including phenoxy) is 1. The summed E-state index contributed by atoms with van der Waals surface area (Å²) in [6.45, 7) is 0. The predicted octanol–water partition coefficient (Wildman–Crippen LogP) is 2.16. The van der Waals surface area contributed by atoms with Crippen molar-refractivity contribution >= 4 is 0 Å². The third-order valence-corrected chi connectivity index (χ3v) is 3.95. The molecule has 2 rings (SSSR count). The molecule has 0 heterocycles. The number of nitrogens with one attached hydrogen (secondary N) is 1. The Bertz CT molecular complexity index is 370. The lowest BCUT2D eigenvalue weighted by atomic mass is 9.75. The second-order valence-electron chi connectivity index (χ2n) is 5.14. The highest BCUT2D eigenvalue weighted by molar-refractivity contribution is 5.17. The van der Waals surface area contributed by atoms with Crippen molar-refractivity contribution < 1.29 is 9.13 Å². The van der Waals surface area contributed by atoms with E-state index in [0.717, 1.165) is 31.2 Å². The molecule has 3 nitrogen and oxygen atoms in total. The lowest BCUT2D eigenvalue weighted by molar-refractivity contribution is -0.0834. The molecule has 0 bridgehead atoms. The maximum Gasteiger partial charge on any atom is 0.123 e. The van der Waals surface area contributed by atoms with Crippen LogP contribution in [0.25, 0.3) is 0 Å². The molecule has 0 aromatic heterocycles. The van der Waals surface area contributed by atoms with Gasteiger partial charge in [-0.25, -0.2) is 4.39 Å². The number of hydrogen-bond acceptors (Lipinski definition) is 3. The second-order valence-corrected chi connectivity index (χ2v) is 5.14. The minimum atomic E-state index is -0.205. The van der Waals surface area contributed by atoms with Gasteiger partial charge in [0, 0.05) is 13.2 Å². The molecule has 3 N–H and O–H groups in total. The van der Waals surface area contributed by atoms with Gasteiger partial charge >= 0.3 is 0 Å². The van der Waals surface area contributed by atoms with Gasteiger partial charge in [0.1, 0.15) is 5.82 Å². The van der Waals surface area contributed by atoms with Crippen LogP contribution < -0.4 is 11.3 Å². The first-order valence-corrected chi connectivity index (χ1v) is 6.43. The maximum atomic E-state index is 12.8. The Labute approximate surface area is 107 Å². The average Bonchev–Trinajstić information content (AvgIpc) is 2.35. The van der Waals surface area contributed by atoms with Crippen molar-refractivity contribution in [3.8, 4) is 0 Å². The first-order valence-electron chi connectivity index (χ1n) is 6.43. The predicted molar refractivity (Wildman–Crippen MR) is 69.4 cm³/mol. The second kappa shape index (κ2) is 5.78. The smallest absolute Gasteiger partial charge is 0.123 e. The number of hydrazine groups is 1. The van der Waals surface area contributed by atoms with Crippen LogP contribution in [0.4, 0.5) is 4.39 Å². The van der Waals surface area contributed by atoms with E-state index >= 15 is 0 Å². The van der Waals surface area contributed by atoms with Crippen LogP contribution in [0.5, 0.6) is 0 Å². The number of nitrogens with two attached hydrogens (primary N) is 1. The van der Waals surface area contributed by atoms with E-state index in [1.165, 1.54) is 18.6 Å². The Balaban J connectivity index is 1.94. The molecule has 1 aromatic carbocycles. The van der Waals surface area contributed by atoms with Crippen molar-refractivity contribution in [2.75, 3.05) is 7.11 Å². The fraction of sp³-hybridized carbons (Fsp3) is 0.571. The summed E-state index contributed by atoms with van der Waals surface area (Å²) in [5, 5.41) is 0. The monoisotopic (exact) mass is 252 g/mol. The summed E-state index contributed by atoms with van der Waals surface area (Å²) in [5.41, 5.74) is 3.93. The Hall–Kier alpha value is -0.970. The standard InChI is InChI=1S/C14H21FN2O/c1-18-14(7-2-8-14)10-13(17-16)9-11-3-5-12(15)6-4-11/h3-6,13,17H,2,7-10,16H2,1H3. The summed E-state index contributed by atoms with van der Waals surface area (Å²) in [7, 11) is 1.77. The number of benzene rings is 1. The van der Waals surface area contributed by atoms with Crippen LogP contribution in [-0.4, -0.2) is 18.8 Å². The molecule has 4 heteroatoms. The molecule has 0 aliphatic heterocycles. The van der Waals surface area contributed by atoms with Crippen molar-refractivity contribution in [1.29, 1.82) is 0 Å². The van der Waals surface area contributed by atoms with Crippen molar-refractivity contribution in [2.45, 2.75) is 43.7 Å². The van der Waals surface area contributed by atoms with Crippen LogP contribution in [0, 0.1) is 5.82 Å². The van der Waals surface area contributed by atoms with Gasteiger partial charge < -0.3 is 4.74 Å². The highest BCUT2D eigenvalue weighted by Crippen LogP contribution is 2.39. The number of rotatable bonds is 6. The summed E-state index contributed by atoms with van der Waals surface area (Å²) in [5.74, 6) is 5.41. The van der Waals surface area contributed by atoms with E-state index in [-0.39, 0.29) is 17.5 Å². The van der Waals surface area contributed by atoms with Gasteiger partial charge in [-0.1, -0.05) is 12.1 Å². The Morgan fingerprint density at radius 1 is 1.39 bits per heavy atom. The number of halogens is 1. The lowest BCUT2D eigenvalue weighted by Gasteiger charge is -2.42. The quantitative estimate of drug-likeness (QED) is 0.602. The Morgan fingerprint density at radius 3 is 2.50 bits per heavy atom. The zero-order chi connectivity index (χ0) is 13.0. The topological polar surface area (TPSA) is 47.3 Å². The van der Waals surface area contributed by atoms with E-state index < -0.39 is 0 Å². The lowest BCUT2D eigenvalue weighted by Crippen LogP contribution is -2.48. The zero-order valence-electron chi connectivity index (χ0n) is 10.8. The minimum absolute atomic E-state index is 0.00291. The number of hydrogen-bond donors (Lipinski definition) is 2. The summed E-state index contributed by atoms with van der Waals surface area (Å²) in [6.07, 6.45) is 5.12. The molecule has 1 aromatic rings. The molecule has 1 fully saturated rings. The first-order chi connectivity index (χ1) is 8.67. The summed E-state index contributed by atoms with van der Waals surface area (Å²) in [4.78, 5) is 0. The van der Waals surface area contributed by atoms with Crippen molar-refractivity contribution in [3.63, 3.8) is 0 Å². The van der Waals surface area contributed by atoms with Gasteiger partial charge in [0.05, 0.1) is 5.60 Å². The summed E-state index contributed by atoms with van der Waals surface area (Å²) in [6, 6.07) is 6.74. The molecule has 1 unspecified atom stereocenters. The van der Waals surface area contributed by atoms with Crippen molar-refractivity contribution in [3.05, 3.63) is 35.6 Å². The molecule has 100 valence electrons. The highest BCUT2D eigenvalue weighted by Gasteiger charge is 2.38. The molecule has 0 amide bonds. The van der Waals surface area contributed by atoms with Crippen LogP contribution >= 0.6 is 0 Å². The third kappa shape index (κ3) is 3.07. The van der Waals surface area contributed by atoms with Gasteiger partial charge in [-0.05, 0) is 49.8 Å². The molecule has 18 heavy (non-hydrogen) atoms. The SMILES string of the molecule is COC1(CC(Cc2ccc(F)cc2)NN)CCC1. The maximum absolute atomic E-state index is 12.8. The molecule has 0 spiro atoms. The van der Waals surface area contributed by atoms with Gasteiger partial charge in [-0.15, -0.1) is 0 Å². The van der Waals surface area contributed by atoms with E-state index in [2.05, 4.69) is 5.43 Å². The normalized spacial score (nSPS) is 19.3. The summed E-state index contributed by atoms with van der Waals surface area (Å²) < 4.78 is 18.4. The Morgan fingerprint density at radius 2 is 2.06 bits per heavy atom. The largest absolute Gasteiger partial charge is 0.378 e. The Kier molecular flexibility index (Phi) is 4.32. The molecule has 0 radical (unpaired) electrons. The zero-order valence-corrected chi connectivity index (χ0v) is 10.8. The van der Waals surface area contributed by atoms with Crippen molar-refractivity contribution in [2.24, 2.45) is 5.84 Å². The molecular formula is C14H21FN2O. The van der Waals surface area contributed by atoms with Crippen LogP contribution in [0.3, 0.4) is 0 Å². The molecule has 1 aliphatic carbocycles. The minimum Gasteiger partial charge on any atom is -0.378 e. The van der Waals surface area contributed by atoms with E-state index in [1.54, 1.807) is 19.2 Å². The van der Waals surface area contributed by atoms with Gasteiger partial charge in [-0.2, -0.15) is 0 Å². The highest BCUT2D eigenvalue weighted by atomic mass is 19.1. The van der Waals surface area contributed by atoms with Gasteiger partial charge in [0.15, 0.2) is 0 Å². The van der Waals surface area contributed by atoms with E-state index in [9.17, 15) is 4.39 Å². The van der Waals surface area contributed by atoms with Gasteiger partial charge in [0.2, 0.25) is 0 Å². The fourth-order valence-corrected chi connectivity index (χ4v) is 2.61. The third-order valence-electron chi connectivity index (χ3n) is 3.95. The van der Waals surface area contributed by atoms with E-state index in [1.807, 2.05) is 0 Å². The molecule has 1 aliphatic rings.